The Labute approximate surface area is 100 Å². The largest absolute Gasteiger partial charge is 0.478 e. The monoisotopic (exact) mass is 239 g/mol. The van der Waals surface area contributed by atoms with Gasteiger partial charge in [-0.15, -0.1) is 11.8 Å². The molecule has 16 heavy (non-hydrogen) atoms. The molecule has 4 heteroatoms. The van der Waals surface area contributed by atoms with Gasteiger partial charge in [0.25, 0.3) is 0 Å². The van der Waals surface area contributed by atoms with Crippen molar-refractivity contribution >= 4 is 23.4 Å². The number of aromatic carboxylic acids is 1. The molecule has 0 aliphatic rings. The maximum atomic E-state index is 10.8. The smallest absolute Gasteiger partial charge is 0.335 e. The summed E-state index contributed by atoms with van der Waals surface area (Å²) in [5.41, 5.74) is 6.75. The van der Waals surface area contributed by atoms with Crippen LogP contribution in [-0.4, -0.2) is 16.8 Å². The lowest BCUT2D eigenvalue weighted by atomic mass is 10.2. The van der Waals surface area contributed by atoms with Crippen molar-refractivity contribution in [3.63, 3.8) is 0 Å². The third-order valence-corrected chi connectivity index (χ3v) is 3.88. The molecule has 1 unspecified atom stereocenters. The van der Waals surface area contributed by atoms with E-state index in [4.69, 9.17) is 10.8 Å². The number of carboxylic acids is 1. The molecule has 0 saturated heterocycles. The highest BCUT2D eigenvalue weighted by Gasteiger charge is 2.08. The van der Waals surface area contributed by atoms with Crippen LogP contribution in [0.25, 0.3) is 0 Å². The van der Waals surface area contributed by atoms with Crippen molar-refractivity contribution in [2.24, 2.45) is 5.92 Å². The summed E-state index contributed by atoms with van der Waals surface area (Å²) in [6, 6.07) is 4.83. The Kier molecular flexibility index (Phi) is 4.68. The van der Waals surface area contributed by atoms with E-state index in [1.54, 1.807) is 23.9 Å². The van der Waals surface area contributed by atoms with E-state index in [1.165, 1.54) is 6.07 Å². The van der Waals surface area contributed by atoms with Crippen LogP contribution in [0.4, 0.5) is 5.69 Å². The Morgan fingerprint density at radius 3 is 2.81 bits per heavy atom. The molecule has 0 heterocycles. The van der Waals surface area contributed by atoms with Gasteiger partial charge in [-0.05, 0) is 24.1 Å². The second-order valence-electron chi connectivity index (χ2n) is 3.88. The Morgan fingerprint density at radius 2 is 2.25 bits per heavy atom. The fraction of sp³-hybridized carbons (Fsp3) is 0.417. The van der Waals surface area contributed by atoms with Crippen LogP contribution in [-0.2, 0) is 0 Å². The molecule has 1 aromatic carbocycles. The lowest BCUT2D eigenvalue weighted by molar-refractivity contribution is 0.0696. The molecule has 0 aliphatic carbocycles. The molecule has 3 N–H and O–H groups in total. The molecule has 1 atom stereocenters. The van der Waals surface area contributed by atoms with Crippen molar-refractivity contribution in [3.8, 4) is 0 Å². The fourth-order valence-electron chi connectivity index (χ4n) is 1.14. The molecule has 0 saturated carbocycles. The Hall–Kier alpha value is -1.16. The van der Waals surface area contributed by atoms with E-state index < -0.39 is 5.97 Å². The number of rotatable bonds is 5. The molecule has 0 aromatic heterocycles. The molecule has 0 bridgehead atoms. The van der Waals surface area contributed by atoms with Gasteiger partial charge < -0.3 is 10.8 Å². The minimum Gasteiger partial charge on any atom is -0.478 e. The second kappa shape index (κ2) is 5.80. The van der Waals surface area contributed by atoms with Crippen molar-refractivity contribution in [2.75, 3.05) is 11.5 Å². The summed E-state index contributed by atoms with van der Waals surface area (Å²) in [5, 5.41) is 8.87. The van der Waals surface area contributed by atoms with E-state index in [9.17, 15) is 4.79 Å². The maximum Gasteiger partial charge on any atom is 0.335 e. The van der Waals surface area contributed by atoms with E-state index in [-0.39, 0.29) is 0 Å². The van der Waals surface area contributed by atoms with Crippen LogP contribution in [0.5, 0.6) is 0 Å². The Balaban J connectivity index is 2.78. The number of thioether (sulfide) groups is 1. The highest BCUT2D eigenvalue weighted by atomic mass is 32.2. The third-order valence-electron chi connectivity index (χ3n) is 2.48. The molecular formula is C12H17NO2S. The van der Waals surface area contributed by atoms with E-state index in [0.29, 0.717) is 17.2 Å². The summed E-state index contributed by atoms with van der Waals surface area (Å²) in [6.45, 7) is 4.31. The zero-order chi connectivity index (χ0) is 12.1. The van der Waals surface area contributed by atoms with Gasteiger partial charge >= 0.3 is 5.97 Å². The van der Waals surface area contributed by atoms with E-state index in [0.717, 1.165) is 17.1 Å². The predicted molar refractivity (Wildman–Crippen MR) is 68.0 cm³/mol. The molecule has 1 rings (SSSR count). The van der Waals surface area contributed by atoms with Crippen LogP contribution in [0, 0.1) is 5.92 Å². The van der Waals surface area contributed by atoms with Crippen molar-refractivity contribution in [1.29, 1.82) is 0 Å². The minimum absolute atomic E-state index is 0.292. The number of nitrogen functional groups attached to an aromatic ring is 1. The highest BCUT2D eigenvalue weighted by molar-refractivity contribution is 7.99. The third kappa shape index (κ3) is 3.45. The molecule has 3 nitrogen and oxygen atoms in total. The number of hydrogen-bond donors (Lipinski definition) is 2. The number of benzene rings is 1. The van der Waals surface area contributed by atoms with Gasteiger partial charge in [0.2, 0.25) is 0 Å². The first-order chi connectivity index (χ1) is 7.54. The van der Waals surface area contributed by atoms with Crippen molar-refractivity contribution in [3.05, 3.63) is 23.8 Å². The molecule has 0 spiro atoms. The maximum absolute atomic E-state index is 10.8. The Morgan fingerprint density at radius 1 is 1.56 bits per heavy atom. The van der Waals surface area contributed by atoms with Gasteiger partial charge in [0.05, 0.1) is 5.56 Å². The average molecular weight is 239 g/mol. The molecule has 0 fully saturated rings. The lowest BCUT2D eigenvalue weighted by Gasteiger charge is -2.10. The normalized spacial score (nSPS) is 12.4. The first-order valence-electron chi connectivity index (χ1n) is 5.30. The van der Waals surface area contributed by atoms with Crippen LogP contribution in [0.3, 0.4) is 0 Å². The summed E-state index contributed by atoms with van der Waals surface area (Å²) in [6.07, 6.45) is 1.12. The zero-order valence-electron chi connectivity index (χ0n) is 9.56. The zero-order valence-corrected chi connectivity index (χ0v) is 10.4. The topological polar surface area (TPSA) is 63.3 Å². The summed E-state index contributed by atoms with van der Waals surface area (Å²) in [5.74, 6) is 0.660. The standard InChI is InChI=1S/C12H17NO2S/c1-3-8(2)7-16-11-6-9(12(14)15)4-5-10(11)13/h4-6,8H,3,7,13H2,1-2H3,(H,14,15). The molecule has 0 aliphatic heterocycles. The van der Waals surface area contributed by atoms with Gasteiger partial charge in [-0.2, -0.15) is 0 Å². The number of nitrogens with two attached hydrogens (primary N) is 1. The van der Waals surface area contributed by atoms with Crippen molar-refractivity contribution < 1.29 is 9.90 Å². The van der Waals surface area contributed by atoms with Crippen LogP contribution in [0.1, 0.15) is 30.6 Å². The van der Waals surface area contributed by atoms with Crippen molar-refractivity contribution in [1.82, 2.24) is 0 Å². The average Bonchev–Trinajstić information content (AvgIpc) is 2.27. The fourth-order valence-corrected chi connectivity index (χ4v) is 2.29. The SMILES string of the molecule is CCC(C)CSc1cc(C(=O)O)ccc1N. The van der Waals surface area contributed by atoms with Gasteiger partial charge in [-0.3, -0.25) is 0 Å². The van der Waals surface area contributed by atoms with Crippen LogP contribution in [0.15, 0.2) is 23.1 Å². The van der Waals surface area contributed by atoms with Crippen LogP contribution >= 0.6 is 11.8 Å². The summed E-state index contributed by atoms with van der Waals surface area (Å²) in [7, 11) is 0. The van der Waals surface area contributed by atoms with Gasteiger partial charge in [0.15, 0.2) is 0 Å². The number of carboxylic acid groups (broad SMARTS) is 1. The molecule has 88 valence electrons. The van der Waals surface area contributed by atoms with E-state index in [2.05, 4.69) is 13.8 Å². The summed E-state index contributed by atoms with van der Waals surface area (Å²) >= 11 is 1.62. The Bertz CT molecular complexity index is 379. The first-order valence-corrected chi connectivity index (χ1v) is 6.28. The summed E-state index contributed by atoms with van der Waals surface area (Å²) in [4.78, 5) is 11.7. The minimum atomic E-state index is -0.912. The van der Waals surface area contributed by atoms with Gasteiger partial charge in [-0.25, -0.2) is 4.79 Å². The quantitative estimate of drug-likeness (QED) is 0.612. The molecule has 0 radical (unpaired) electrons. The molecule has 0 amide bonds. The number of hydrogen-bond acceptors (Lipinski definition) is 3. The number of anilines is 1. The van der Waals surface area contributed by atoms with Gasteiger partial charge in [-0.1, -0.05) is 20.3 Å². The predicted octanol–water partition coefficient (Wildman–Crippen LogP) is 3.11. The first kappa shape index (κ1) is 12.9. The molecular weight excluding hydrogens is 222 g/mol. The highest BCUT2D eigenvalue weighted by Crippen LogP contribution is 2.28. The van der Waals surface area contributed by atoms with Crippen LogP contribution in [0.2, 0.25) is 0 Å². The number of carbonyl (C=O) groups is 1. The van der Waals surface area contributed by atoms with Gasteiger partial charge in [0, 0.05) is 16.3 Å². The van der Waals surface area contributed by atoms with Crippen LogP contribution < -0.4 is 5.73 Å². The lowest BCUT2D eigenvalue weighted by Crippen LogP contribution is -2.00. The van der Waals surface area contributed by atoms with E-state index >= 15 is 0 Å². The van der Waals surface area contributed by atoms with Crippen molar-refractivity contribution in [2.45, 2.75) is 25.2 Å². The second-order valence-corrected chi connectivity index (χ2v) is 4.94. The van der Waals surface area contributed by atoms with E-state index in [1.807, 2.05) is 0 Å². The van der Waals surface area contributed by atoms with Gasteiger partial charge in [0.1, 0.15) is 0 Å². The summed E-state index contributed by atoms with van der Waals surface area (Å²) < 4.78 is 0. The molecule has 1 aromatic rings.